The van der Waals surface area contributed by atoms with Gasteiger partial charge in [0.1, 0.15) is 0 Å². The molecular formula is C20H28ClN3O2. The Morgan fingerprint density at radius 3 is 2.50 bits per heavy atom. The molecule has 6 heteroatoms. The highest BCUT2D eigenvalue weighted by molar-refractivity contribution is 5.95. The first kappa shape index (κ1) is 19.2. The second kappa shape index (κ2) is 7.57. The van der Waals surface area contributed by atoms with Crippen molar-refractivity contribution in [3.8, 4) is 0 Å². The molecule has 2 saturated carbocycles. The molecule has 3 aliphatic rings. The lowest BCUT2D eigenvalue weighted by Crippen LogP contribution is -2.45. The number of halogens is 1. The summed E-state index contributed by atoms with van der Waals surface area (Å²) in [6.07, 6.45) is 5.01. The smallest absolute Gasteiger partial charge is 0.227 e. The number of amides is 2. The van der Waals surface area contributed by atoms with E-state index in [-0.39, 0.29) is 42.2 Å². The van der Waals surface area contributed by atoms with Gasteiger partial charge in [-0.25, -0.2) is 0 Å². The number of carbonyl (C=O) groups excluding carboxylic acids is 2. The van der Waals surface area contributed by atoms with E-state index in [1.807, 2.05) is 36.1 Å². The van der Waals surface area contributed by atoms with Gasteiger partial charge in [-0.2, -0.15) is 0 Å². The van der Waals surface area contributed by atoms with Gasteiger partial charge in [-0.3, -0.25) is 9.59 Å². The summed E-state index contributed by atoms with van der Waals surface area (Å²) in [6, 6.07) is 7.94. The molecule has 0 spiro atoms. The number of nitrogens with zero attached hydrogens (tertiary/aromatic N) is 1. The summed E-state index contributed by atoms with van der Waals surface area (Å²) in [5, 5.41) is 3.15. The number of hydrogen-bond acceptors (Lipinski definition) is 3. The third-order valence-electron chi connectivity index (χ3n) is 6.42. The maximum absolute atomic E-state index is 12.7. The molecule has 4 rings (SSSR count). The van der Waals surface area contributed by atoms with Gasteiger partial charge < -0.3 is 16.0 Å². The van der Waals surface area contributed by atoms with Crippen LogP contribution in [-0.4, -0.2) is 24.4 Å². The number of rotatable bonds is 4. The maximum Gasteiger partial charge on any atom is 0.227 e. The Bertz CT molecular complexity index is 676. The molecule has 142 valence electrons. The van der Waals surface area contributed by atoms with Crippen molar-refractivity contribution >= 4 is 29.9 Å². The molecule has 26 heavy (non-hydrogen) atoms. The fourth-order valence-electron chi connectivity index (χ4n) is 4.98. The summed E-state index contributed by atoms with van der Waals surface area (Å²) in [5.74, 6) is 1.28. The van der Waals surface area contributed by atoms with E-state index in [4.69, 9.17) is 5.73 Å². The van der Waals surface area contributed by atoms with Gasteiger partial charge in [0.15, 0.2) is 0 Å². The van der Waals surface area contributed by atoms with Crippen molar-refractivity contribution in [1.82, 2.24) is 5.32 Å². The van der Waals surface area contributed by atoms with Crippen LogP contribution in [0, 0.1) is 17.8 Å². The van der Waals surface area contributed by atoms with Crippen LogP contribution in [0.5, 0.6) is 0 Å². The Kier molecular flexibility index (Phi) is 5.58. The molecule has 1 aromatic carbocycles. The molecule has 0 radical (unpaired) electrons. The third kappa shape index (κ3) is 3.35. The predicted molar refractivity (Wildman–Crippen MR) is 104 cm³/mol. The van der Waals surface area contributed by atoms with Gasteiger partial charge >= 0.3 is 0 Å². The van der Waals surface area contributed by atoms with Crippen molar-refractivity contribution < 1.29 is 9.59 Å². The summed E-state index contributed by atoms with van der Waals surface area (Å²) in [5.41, 5.74) is 8.28. The fourth-order valence-corrected chi connectivity index (χ4v) is 4.98. The number of hydrogen-bond donors (Lipinski definition) is 2. The van der Waals surface area contributed by atoms with Crippen LogP contribution in [0.1, 0.15) is 50.6 Å². The molecule has 1 aliphatic heterocycles. The van der Waals surface area contributed by atoms with Gasteiger partial charge in [0.25, 0.3) is 0 Å². The molecule has 2 bridgehead atoms. The van der Waals surface area contributed by atoms with Crippen molar-refractivity contribution in [2.75, 3.05) is 11.4 Å². The number of nitrogens with two attached hydrogens (primary N) is 1. The standard InChI is InChI=1S/C20H27N3O2.ClH/c1-12(22-20(25)18-14-4-5-15(11-14)19(18)21)13-6-8-16(9-7-13)23-10-2-3-17(23)24;/h6-9,12,14-15,18-19H,2-5,10-11,21H2,1H3,(H,22,25);1H. The lowest BCUT2D eigenvalue weighted by molar-refractivity contribution is -0.127. The number of benzene rings is 1. The van der Waals surface area contributed by atoms with E-state index < -0.39 is 0 Å². The van der Waals surface area contributed by atoms with E-state index in [1.54, 1.807) is 0 Å². The minimum Gasteiger partial charge on any atom is -0.349 e. The third-order valence-corrected chi connectivity index (χ3v) is 6.42. The average Bonchev–Trinajstić information content (AvgIpc) is 3.31. The van der Waals surface area contributed by atoms with Crippen LogP contribution in [0.25, 0.3) is 0 Å². The summed E-state index contributed by atoms with van der Waals surface area (Å²) in [4.78, 5) is 26.4. The summed E-state index contributed by atoms with van der Waals surface area (Å²) >= 11 is 0. The van der Waals surface area contributed by atoms with Gasteiger partial charge in [-0.05, 0) is 62.1 Å². The minimum absolute atomic E-state index is 0. The monoisotopic (exact) mass is 377 g/mol. The molecule has 0 aromatic heterocycles. The maximum atomic E-state index is 12.7. The summed E-state index contributed by atoms with van der Waals surface area (Å²) in [7, 11) is 0. The lowest BCUT2D eigenvalue weighted by atomic mass is 9.84. The van der Waals surface area contributed by atoms with E-state index in [2.05, 4.69) is 5.32 Å². The highest BCUT2D eigenvalue weighted by atomic mass is 35.5. The zero-order chi connectivity index (χ0) is 17.6. The van der Waals surface area contributed by atoms with Crippen LogP contribution < -0.4 is 16.0 Å². The van der Waals surface area contributed by atoms with Crippen LogP contribution in [0.3, 0.4) is 0 Å². The quantitative estimate of drug-likeness (QED) is 0.847. The van der Waals surface area contributed by atoms with E-state index in [9.17, 15) is 9.59 Å². The van der Waals surface area contributed by atoms with Crippen molar-refractivity contribution in [3.05, 3.63) is 29.8 Å². The molecule has 2 aliphatic carbocycles. The summed E-state index contributed by atoms with van der Waals surface area (Å²) in [6.45, 7) is 2.80. The highest BCUT2D eigenvalue weighted by Gasteiger charge is 2.49. The van der Waals surface area contributed by atoms with Gasteiger partial charge in [0.05, 0.1) is 12.0 Å². The largest absolute Gasteiger partial charge is 0.349 e. The Hall–Kier alpha value is -1.59. The van der Waals surface area contributed by atoms with E-state index in [0.717, 1.165) is 37.1 Å². The Morgan fingerprint density at radius 2 is 1.92 bits per heavy atom. The van der Waals surface area contributed by atoms with Gasteiger partial charge in [0, 0.05) is 24.7 Å². The van der Waals surface area contributed by atoms with Crippen LogP contribution in [-0.2, 0) is 9.59 Å². The predicted octanol–water partition coefficient (Wildman–Crippen LogP) is 2.79. The number of carbonyl (C=O) groups is 2. The van der Waals surface area contributed by atoms with E-state index in [1.165, 1.54) is 6.42 Å². The van der Waals surface area contributed by atoms with Gasteiger partial charge in [-0.1, -0.05) is 12.1 Å². The van der Waals surface area contributed by atoms with Crippen LogP contribution in [0.2, 0.25) is 0 Å². The number of anilines is 1. The molecule has 5 atom stereocenters. The van der Waals surface area contributed by atoms with Crippen molar-refractivity contribution in [2.24, 2.45) is 23.5 Å². The van der Waals surface area contributed by atoms with E-state index in [0.29, 0.717) is 18.3 Å². The Balaban J connectivity index is 0.00000196. The Morgan fingerprint density at radius 1 is 1.23 bits per heavy atom. The molecule has 5 unspecified atom stereocenters. The second-order valence-corrected chi connectivity index (χ2v) is 7.91. The molecule has 2 amide bonds. The molecule has 3 fully saturated rings. The summed E-state index contributed by atoms with van der Waals surface area (Å²) < 4.78 is 0. The van der Waals surface area contributed by atoms with Gasteiger partial charge in [0.2, 0.25) is 11.8 Å². The molecule has 1 saturated heterocycles. The first-order chi connectivity index (χ1) is 12.0. The normalized spacial score (nSPS) is 31.0. The van der Waals surface area contributed by atoms with Crippen molar-refractivity contribution in [2.45, 2.75) is 51.1 Å². The second-order valence-electron chi connectivity index (χ2n) is 7.91. The molecule has 1 heterocycles. The zero-order valence-electron chi connectivity index (χ0n) is 15.2. The van der Waals surface area contributed by atoms with Crippen molar-refractivity contribution in [1.29, 1.82) is 0 Å². The van der Waals surface area contributed by atoms with Crippen LogP contribution in [0.15, 0.2) is 24.3 Å². The fraction of sp³-hybridized carbons (Fsp3) is 0.600. The average molecular weight is 378 g/mol. The molecule has 1 aromatic rings. The highest BCUT2D eigenvalue weighted by Crippen LogP contribution is 2.47. The lowest BCUT2D eigenvalue weighted by Gasteiger charge is -2.28. The first-order valence-corrected chi connectivity index (χ1v) is 9.51. The van der Waals surface area contributed by atoms with E-state index >= 15 is 0 Å². The molecule has 5 nitrogen and oxygen atoms in total. The minimum atomic E-state index is -0.0536. The van der Waals surface area contributed by atoms with Gasteiger partial charge in [-0.15, -0.1) is 12.4 Å². The topological polar surface area (TPSA) is 75.4 Å². The zero-order valence-corrected chi connectivity index (χ0v) is 16.0. The Labute approximate surface area is 161 Å². The first-order valence-electron chi connectivity index (χ1n) is 9.51. The molecular weight excluding hydrogens is 350 g/mol. The van der Waals surface area contributed by atoms with Crippen molar-refractivity contribution in [3.63, 3.8) is 0 Å². The molecule has 3 N–H and O–H groups in total. The SMILES string of the molecule is CC(NC(=O)C1C2CCC(C2)C1N)c1ccc(N2CCCC2=O)cc1.Cl. The number of fused-ring (bicyclic) bond motifs is 2. The van der Waals surface area contributed by atoms with Crippen LogP contribution in [0.4, 0.5) is 5.69 Å². The number of nitrogens with one attached hydrogen (secondary N) is 1. The van der Waals surface area contributed by atoms with Crippen LogP contribution >= 0.6 is 12.4 Å².